The van der Waals surface area contributed by atoms with Crippen LogP contribution < -0.4 is 8.92 Å². The van der Waals surface area contributed by atoms with E-state index in [4.69, 9.17) is 16.3 Å². The molecule has 2 rings (SSSR count). The summed E-state index contributed by atoms with van der Waals surface area (Å²) in [6, 6.07) is 10.8. The van der Waals surface area contributed by atoms with Crippen molar-refractivity contribution in [3.8, 4) is 11.5 Å². The van der Waals surface area contributed by atoms with Crippen molar-refractivity contribution in [3.63, 3.8) is 0 Å². The summed E-state index contributed by atoms with van der Waals surface area (Å²) in [7, 11) is -5.74. The molecule has 0 aliphatic heterocycles. The van der Waals surface area contributed by atoms with Gasteiger partial charge < -0.3 is 14.0 Å². The van der Waals surface area contributed by atoms with Crippen LogP contribution in [0, 0.1) is 5.41 Å². The van der Waals surface area contributed by atoms with E-state index in [0.29, 0.717) is 23.6 Å². The van der Waals surface area contributed by atoms with Crippen LogP contribution in [0.25, 0.3) is 0 Å². The normalized spacial score (nSPS) is 14.1. The lowest BCUT2D eigenvalue weighted by Gasteiger charge is -2.34. The minimum atomic E-state index is -5.74. The highest BCUT2D eigenvalue weighted by molar-refractivity contribution is 7.88. The van der Waals surface area contributed by atoms with Gasteiger partial charge in [-0.3, -0.25) is 0 Å². The number of benzene rings is 2. The molecule has 1 atom stereocenters. The number of hydrogen-bond acceptors (Lipinski definition) is 5. The average molecular weight is 523 g/mol. The average Bonchev–Trinajstić information content (AvgIpc) is 2.73. The van der Waals surface area contributed by atoms with Crippen LogP contribution in [0.1, 0.15) is 58.6 Å². The molecular formula is C24H30ClF3O5S. The summed E-state index contributed by atoms with van der Waals surface area (Å²) in [5.74, 6) is -0.00250. The Kier molecular flexibility index (Phi) is 8.59. The van der Waals surface area contributed by atoms with Crippen molar-refractivity contribution in [2.45, 2.75) is 64.5 Å². The summed E-state index contributed by atoms with van der Waals surface area (Å²) in [5, 5.41) is 10.6. The van der Waals surface area contributed by atoms with Gasteiger partial charge in [-0.05, 0) is 53.6 Å². The van der Waals surface area contributed by atoms with Gasteiger partial charge >= 0.3 is 15.6 Å². The van der Waals surface area contributed by atoms with E-state index in [1.165, 1.54) is 12.1 Å². The highest BCUT2D eigenvalue weighted by atomic mass is 35.5. The summed E-state index contributed by atoms with van der Waals surface area (Å²) >= 11 is 6.48. The minimum absolute atomic E-state index is 0.0809. The fourth-order valence-electron chi connectivity index (χ4n) is 3.57. The van der Waals surface area contributed by atoms with E-state index < -0.39 is 32.9 Å². The molecule has 0 aliphatic carbocycles. The fourth-order valence-corrected chi connectivity index (χ4v) is 4.26. The molecule has 0 aromatic heterocycles. The quantitative estimate of drug-likeness (QED) is 0.302. The van der Waals surface area contributed by atoms with Crippen LogP contribution in [-0.2, 0) is 15.5 Å². The maximum absolute atomic E-state index is 12.6. The van der Waals surface area contributed by atoms with Gasteiger partial charge in [-0.2, -0.15) is 21.6 Å². The monoisotopic (exact) mass is 522 g/mol. The van der Waals surface area contributed by atoms with Gasteiger partial charge in [0.05, 0.1) is 11.1 Å². The number of ether oxygens (including phenoxy) is 1. The van der Waals surface area contributed by atoms with Crippen LogP contribution in [0.2, 0.25) is 5.02 Å². The summed E-state index contributed by atoms with van der Waals surface area (Å²) in [6.07, 6.45) is 0.601. The zero-order valence-corrected chi connectivity index (χ0v) is 21.3. The number of hydrogen-bond donors (Lipinski definition) is 1. The van der Waals surface area contributed by atoms with Crippen LogP contribution in [0.4, 0.5) is 13.2 Å². The zero-order valence-electron chi connectivity index (χ0n) is 19.7. The second-order valence-corrected chi connectivity index (χ2v) is 11.1. The lowest BCUT2D eigenvalue weighted by molar-refractivity contribution is -0.0500. The Labute approximate surface area is 204 Å². The first kappa shape index (κ1) is 28.3. The highest BCUT2D eigenvalue weighted by Crippen LogP contribution is 2.42. The maximum atomic E-state index is 12.6. The fraction of sp³-hybridized carbons (Fsp3) is 0.500. The van der Waals surface area contributed by atoms with E-state index in [1.807, 2.05) is 40.7 Å². The number of alkyl halides is 3. The van der Waals surface area contributed by atoms with Gasteiger partial charge in [0, 0.05) is 5.41 Å². The van der Waals surface area contributed by atoms with E-state index in [1.54, 1.807) is 24.3 Å². The predicted molar refractivity (Wildman–Crippen MR) is 126 cm³/mol. The van der Waals surface area contributed by atoms with Gasteiger partial charge in [-0.25, -0.2) is 0 Å². The molecule has 34 heavy (non-hydrogen) atoms. The Morgan fingerprint density at radius 3 is 1.94 bits per heavy atom. The van der Waals surface area contributed by atoms with Gasteiger partial charge in [0.15, 0.2) is 0 Å². The highest BCUT2D eigenvalue weighted by Gasteiger charge is 2.48. The second-order valence-electron chi connectivity index (χ2n) is 9.13. The summed E-state index contributed by atoms with van der Waals surface area (Å²) in [4.78, 5) is 0. The van der Waals surface area contributed by atoms with Gasteiger partial charge in [-0.1, -0.05) is 64.4 Å². The van der Waals surface area contributed by atoms with Crippen LogP contribution in [0.15, 0.2) is 42.5 Å². The van der Waals surface area contributed by atoms with Crippen LogP contribution in [-0.4, -0.2) is 31.7 Å². The zero-order chi connectivity index (χ0) is 25.9. The third kappa shape index (κ3) is 6.17. The molecule has 0 amide bonds. The molecule has 0 radical (unpaired) electrons. The summed E-state index contributed by atoms with van der Waals surface area (Å²) in [5.41, 5.74) is -4.76. The molecule has 0 aliphatic rings. The van der Waals surface area contributed by atoms with Crippen LogP contribution in [0.5, 0.6) is 11.5 Å². The molecule has 1 N–H and O–H groups in total. The first-order valence-corrected chi connectivity index (χ1v) is 12.6. The summed E-state index contributed by atoms with van der Waals surface area (Å²) < 4.78 is 70.2. The maximum Gasteiger partial charge on any atom is 0.534 e. The molecule has 0 saturated heterocycles. The molecule has 0 spiro atoms. The van der Waals surface area contributed by atoms with Gasteiger partial charge in [0.1, 0.15) is 18.1 Å². The molecule has 0 fully saturated rings. The van der Waals surface area contributed by atoms with Crippen molar-refractivity contribution in [2.75, 3.05) is 6.61 Å². The van der Waals surface area contributed by atoms with Crippen molar-refractivity contribution in [3.05, 3.63) is 58.6 Å². The van der Waals surface area contributed by atoms with Crippen molar-refractivity contribution < 1.29 is 35.6 Å². The standard InChI is InChI=1S/C24H30ClF3O5S/c1-6-23(7-2,16-8-11-18(12-9-16)33-34(30,31)24(26,27)28)17-10-13-20(19(25)14-17)32-15-21(29)22(3,4)5/h8-14,21,29H,6-7,15H2,1-5H3. The molecule has 0 saturated carbocycles. The molecule has 0 bridgehead atoms. The van der Waals surface area contributed by atoms with Crippen molar-refractivity contribution >= 4 is 21.7 Å². The SMILES string of the molecule is CCC(CC)(c1ccc(OS(=O)(=O)C(F)(F)F)cc1)c1ccc(OCC(O)C(C)(C)C)c(Cl)c1. The number of rotatable bonds is 9. The van der Waals surface area contributed by atoms with E-state index in [-0.39, 0.29) is 12.0 Å². The minimum Gasteiger partial charge on any atom is -0.489 e. The molecule has 2 aromatic rings. The Hall–Kier alpha value is -1.97. The number of halogens is 4. The Morgan fingerprint density at radius 2 is 1.50 bits per heavy atom. The lowest BCUT2D eigenvalue weighted by atomic mass is 9.70. The molecule has 10 heteroatoms. The molecule has 5 nitrogen and oxygen atoms in total. The Morgan fingerprint density at radius 1 is 0.971 bits per heavy atom. The first-order chi connectivity index (χ1) is 15.6. The smallest absolute Gasteiger partial charge is 0.489 e. The van der Waals surface area contributed by atoms with Crippen molar-refractivity contribution in [1.82, 2.24) is 0 Å². The van der Waals surface area contributed by atoms with E-state index in [9.17, 15) is 26.7 Å². The largest absolute Gasteiger partial charge is 0.534 e. The topological polar surface area (TPSA) is 72.8 Å². The van der Waals surface area contributed by atoms with Gasteiger partial charge in [-0.15, -0.1) is 0 Å². The molecular weight excluding hydrogens is 493 g/mol. The number of aliphatic hydroxyl groups is 1. The third-order valence-corrected chi connectivity index (χ3v) is 7.26. The van der Waals surface area contributed by atoms with E-state index >= 15 is 0 Å². The Bertz CT molecular complexity index is 1070. The molecule has 190 valence electrons. The number of aliphatic hydroxyl groups excluding tert-OH is 1. The van der Waals surface area contributed by atoms with Crippen LogP contribution in [0.3, 0.4) is 0 Å². The van der Waals surface area contributed by atoms with E-state index in [0.717, 1.165) is 11.1 Å². The van der Waals surface area contributed by atoms with Crippen molar-refractivity contribution in [2.24, 2.45) is 5.41 Å². The Balaban J connectivity index is 2.33. The van der Waals surface area contributed by atoms with E-state index in [2.05, 4.69) is 4.18 Å². The van der Waals surface area contributed by atoms with Crippen LogP contribution >= 0.6 is 11.6 Å². The van der Waals surface area contributed by atoms with Crippen molar-refractivity contribution in [1.29, 1.82) is 0 Å². The third-order valence-electron chi connectivity index (χ3n) is 5.98. The van der Waals surface area contributed by atoms with Gasteiger partial charge in [0.25, 0.3) is 0 Å². The summed E-state index contributed by atoms with van der Waals surface area (Å²) in [6.45, 7) is 9.73. The lowest BCUT2D eigenvalue weighted by Crippen LogP contribution is -2.32. The van der Waals surface area contributed by atoms with Gasteiger partial charge in [0.2, 0.25) is 0 Å². The molecule has 0 heterocycles. The molecule has 2 aromatic carbocycles. The predicted octanol–water partition coefficient (Wildman–Crippen LogP) is 6.46. The first-order valence-electron chi connectivity index (χ1n) is 10.8. The second kappa shape index (κ2) is 10.3. The molecule has 1 unspecified atom stereocenters.